The number of thioether (sulfide) groups is 1. The molecule has 0 saturated carbocycles. The first-order valence-electron chi connectivity index (χ1n) is 6.61. The third-order valence-electron chi connectivity index (χ3n) is 3.48. The van der Waals surface area contributed by atoms with Crippen LogP contribution in [0.25, 0.3) is 0 Å². The molecule has 1 aromatic carbocycles. The summed E-state index contributed by atoms with van der Waals surface area (Å²) in [6.07, 6.45) is 0. The molecule has 6 nitrogen and oxygen atoms in total. The van der Waals surface area contributed by atoms with Gasteiger partial charge in [-0.3, -0.25) is 4.58 Å². The topological polar surface area (TPSA) is 86.6 Å². The van der Waals surface area contributed by atoms with Crippen LogP contribution in [0.1, 0.15) is 12.5 Å². The number of hydrogen-bond donors (Lipinski definition) is 2. The lowest BCUT2D eigenvalue weighted by Gasteiger charge is -2.28. The molecule has 9 heteroatoms. The van der Waals surface area contributed by atoms with Gasteiger partial charge >= 0.3 is 5.17 Å². The fourth-order valence-electron chi connectivity index (χ4n) is 2.46. The van der Waals surface area contributed by atoms with Gasteiger partial charge in [0.25, 0.3) is 0 Å². The average molecular weight is 365 g/mol. The fourth-order valence-corrected chi connectivity index (χ4v) is 4.87. The van der Waals surface area contributed by atoms with Crippen LogP contribution < -0.4 is 5.14 Å². The van der Waals surface area contributed by atoms with Crippen molar-refractivity contribution in [3.05, 3.63) is 28.8 Å². The van der Waals surface area contributed by atoms with E-state index in [2.05, 4.69) is 0 Å². The van der Waals surface area contributed by atoms with Crippen molar-refractivity contribution < 1.29 is 18.1 Å². The van der Waals surface area contributed by atoms with Crippen LogP contribution in [-0.2, 0) is 15.7 Å². The molecular formula is C13H19ClN3O3S2+. The van der Waals surface area contributed by atoms with Gasteiger partial charge in [-0.15, -0.1) is 0 Å². The van der Waals surface area contributed by atoms with Gasteiger partial charge in [-0.1, -0.05) is 17.7 Å². The summed E-state index contributed by atoms with van der Waals surface area (Å²) in [5, 5.41) is 17.2. The summed E-state index contributed by atoms with van der Waals surface area (Å²) in [6.45, 7) is 2.50. The van der Waals surface area contributed by atoms with Crippen LogP contribution in [0.5, 0.6) is 0 Å². The predicted molar refractivity (Wildman–Crippen MR) is 88.7 cm³/mol. The van der Waals surface area contributed by atoms with Gasteiger partial charge in [-0.25, -0.2) is 18.5 Å². The highest BCUT2D eigenvalue weighted by atomic mass is 35.5. The summed E-state index contributed by atoms with van der Waals surface area (Å²) in [4.78, 5) is 1.65. The van der Waals surface area contributed by atoms with Crippen molar-refractivity contribution >= 4 is 38.6 Å². The monoisotopic (exact) mass is 364 g/mol. The molecule has 0 spiro atoms. The Morgan fingerprint density at radius 1 is 1.50 bits per heavy atom. The highest BCUT2D eigenvalue weighted by Crippen LogP contribution is 2.39. The number of rotatable bonds is 3. The number of halogens is 1. The van der Waals surface area contributed by atoms with Crippen molar-refractivity contribution in [1.29, 1.82) is 0 Å². The summed E-state index contributed by atoms with van der Waals surface area (Å²) < 4.78 is 25.2. The van der Waals surface area contributed by atoms with Gasteiger partial charge < -0.3 is 5.11 Å². The standard InChI is InChI=1S/C13H19ClN3O3S2/c1-4-17-12(16(2)3)21-8-13(17,18)9-5-6-10(14)11(7-9)22(15,19)20/h5-7,18H,4,8H2,1-3H3,(H2,15,19,20)/q+1. The zero-order valence-corrected chi connectivity index (χ0v) is 15.0. The Morgan fingerprint density at radius 2 is 2.14 bits per heavy atom. The zero-order valence-electron chi connectivity index (χ0n) is 12.6. The number of benzene rings is 1. The predicted octanol–water partition coefficient (Wildman–Crippen LogP) is 0.829. The van der Waals surface area contributed by atoms with Crippen molar-refractivity contribution in [1.82, 2.24) is 4.90 Å². The number of primary sulfonamides is 1. The van der Waals surface area contributed by atoms with Crippen LogP contribution in [0, 0.1) is 0 Å². The largest absolute Gasteiger partial charge is 0.349 e. The molecule has 1 heterocycles. The second-order valence-corrected chi connectivity index (χ2v) is 8.10. The van der Waals surface area contributed by atoms with Gasteiger partial charge in [0.15, 0.2) is 0 Å². The molecule has 1 aliphatic heterocycles. The molecule has 1 fully saturated rings. The Hall–Kier alpha value is -0.800. The lowest BCUT2D eigenvalue weighted by Crippen LogP contribution is -2.46. The van der Waals surface area contributed by atoms with Gasteiger partial charge in [0.05, 0.1) is 31.4 Å². The Balaban J connectivity index is 2.59. The van der Waals surface area contributed by atoms with Gasteiger partial charge in [-0.2, -0.15) is 0 Å². The van der Waals surface area contributed by atoms with E-state index in [0.717, 1.165) is 5.17 Å². The van der Waals surface area contributed by atoms with Crippen molar-refractivity contribution in [2.75, 3.05) is 26.4 Å². The van der Waals surface area contributed by atoms with E-state index in [1.54, 1.807) is 6.07 Å². The molecule has 122 valence electrons. The highest BCUT2D eigenvalue weighted by Gasteiger charge is 2.51. The molecule has 0 radical (unpaired) electrons. The van der Waals surface area contributed by atoms with Crippen LogP contribution in [0.2, 0.25) is 5.02 Å². The molecule has 22 heavy (non-hydrogen) atoms. The molecule has 1 atom stereocenters. The number of sulfonamides is 1. The minimum Gasteiger partial charge on any atom is -0.349 e. The molecule has 0 bridgehead atoms. The number of nitrogens with zero attached hydrogens (tertiary/aromatic N) is 2. The summed E-state index contributed by atoms with van der Waals surface area (Å²) in [7, 11) is -0.158. The first-order valence-corrected chi connectivity index (χ1v) is 9.52. The zero-order chi connectivity index (χ0) is 16.7. The second kappa shape index (κ2) is 6.01. The number of nitrogens with two attached hydrogens (primary N) is 1. The lowest BCUT2D eigenvalue weighted by atomic mass is 10.0. The average Bonchev–Trinajstić information content (AvgIpc) is 2.76. The molecule has 1 aromatic rings. The number of amidine groups is 1. The van der Waals surface area contributed by atoms with E-state index in [9.17, 15) is 13.5 Å². The minimum absolute atomic E-state index is 0.0420. The maximum Gasteiger partial charge on any atom is 0.310 e. The molecule has 0 aliphatic carbocycles. The lowest BCUT2D eigenvalue weighted by molar-refractivity contribution is -0.468. The summed E-state index contributed by atoms with van der Waals surface area (Å²) in [5.41, 5.74) is -0.851. The summed E-state index contributed by atoms with van der Waals surface area (Å²) in [5.74, 6) is 0.389. The van der Waals surface area contributed by atoms with Crippen LogP contribution in [0.15, 0.2) is 23.1 Å². The van der Waals surface area contributed by atoms with E-state index in [1.807, 2.05) is 30.5 Å². The Kier molecular flexibility index (Phi) is 4.79. The van der Waals surface area contributed by atoms with E-state index in [1.165, 1.54) is 23.9 Å². The third-order valence-corrected chi connectivity index (χ3v) is 6.26. The van der Waals surface area contributed by atoms with Gasteiger partial charge in [0.1, 0.15) is 4.90 Å². The first kappa shape index (κ1) is 17.6. The molecule has 3 N–H and O–H groups in total. The maximum absolute atomic E-state index is 11.6. The number of hydrogen-bond acceptors (Lipinski definition) is 4. The SMILES string of the molecule is CCN1C(=[N+](C)C)SCC1(O)c1ccc(Cl)c(S(N)(=O)=O)c1. The Labute approximate surface area is 139 Å². The van der Waals surface area contributed by atoms with E-state index in [0.29, 0.717) is 17.9 Å². The van der Waals surface area contributed by atoms with Gasteiger partial charge in [0, 0.05) is 5.56 Å². The van der Waals surface area contributed by atoms with Gasteiger partial charge in [-0.05, 0) is 30.8 Å². The van der Waals surface area contributed by atoms with Crippen molar-refractivity contribution in [3.63, 3.8) is 0 Å². The fraction of sp³-hybridized carbons (Fsp3) is 0.462. The normalized spacial score (nSPS) is 22.3. The van der Waals surface area contributed by atoms with Crippen LogP contribution in [0.3, 0.4) is 0 Å². The molecular weight excluding hydrogens is 346 g/mol. The molecule has 2 rings (SSSR count). The van der Waals surface area contributed by atoms with Crippen molar-refractivity contribution in [2.45, 2.75) is 17.5 Å². The third kappa shape index (κ3) is 2.98. The van der Waals surface area contributed by atoms with Gasteiger partial charge in [0.2, 0.25) is 15.7 Å². The quantitative estimate of drug-likeness (QED) is 0.776. The minimum atomic E-state index is -3.95. The van der Waals surface area contributed by atoms with E-state index >= 15 is 0 Å². The molecule has 1 aliphatic rings. The Morgan fingerprint density at radius 3 is 2.64 bits per heavy atom. The van der Waals surface area contributed by atoms with E-state index in [-0.39, 0.29) is 9.92 Å². The van der Waals surface area contributed by atoms with Crippen LogP contribution >= 0.6 is 23.4 Å². The smallest absolute Gasteiger partial charge is 0.310 e. The summed E-state index contributed by atoms with van der Waals surface area (Å²) >= 11 is 7.42. The second-order valence-electron chi connectivity index (χ2n) is 5.22. The highest BCUT2D eigenvalue weighted by molar-refractivity contribution is 8.13. The first-order chi connectivity index (χ1) is 10.1. The van der Waals surface area contributed by atoms with Crippen molar-refractivity contribution in [3.8, 4) is 0 Å². The molecule has 1 saturated heterocycles. The maximum atomic E-state index is 11.6. The van der Waals surface area contributed by atoms with Crippen LogP contribution in [0.4, 0.5) is 0 Å². The summed E-state index contributed by atoms with van der Waals surface area (Å²) in [6, 6.07) is 4.42. The molecule has 1 unspecified atom stereocenters. The van der Waals surface area contributed by atoms with Crippen molar-refractivity contribution in [2.24, 2.45) is 5.14 Å². The Bertz CT molecular complexity index is 732. The van der Waals surface area contributed by atoms with E-state index < -0.39 is 15.7 Å². The van der Waals surface area contributed by atoms with E-state index in [4.69, 9.17) is 16.7 Å². The molecule has 0 amide bonds. The van der Waals surface area contributed by atoms with Crippen LogP contribution in [-0.4, -0.2) is 54.6 Å². The molecule has 0 aromatic heterocycles. The number of aliphatic hydroxyl groups is 1.